The van der Waals surface area contributed by atoms with Crippen LogP contribution in [0.3, 0.4) is 0 Å². The molecule has 0 heterocycles. The van der Waals surface area contributed by atoms with Gasteiger partial charge >= 0.3 is 0 Å². The van der Waals surface area contributed by atoms with Crippen molar-refractivity contribution < 1.29 is 19.1 Å². The fraction of sp³-hybridized carbons (Fsp3) is 0.526. The van der Waals surface area contributed by atoms with Gasteiger partial charge in [0.2, 0.25) is 17.7 Å². The summed E-state index contributed by atoms with van der Waals surface area (Å²) in [6.45, 7) is 4.45. The molecule has 26 heavy (non-hydrogen) atoms. The van der Waals surface area contributed by atoms with Gasteiger partial charge in [-0.2, -0.15) is 0 Å². The van der Waals surface area contributed by atoms with E-state index in [1.165, 1.54) is 4.90 Å². The van der Waals surface area contributed by atoms with Crippen molar-refractivity contribution in [1.29, 1.82) is 0 Å². The Hall–Kier alpha value is -2.41. The molecule has 3 amide bonds. The lowest BCUT2D eigenvalue weighted by atomic mass is 10.2. The minimum atomic E-state index is -0.370. The van der Waals surface area contributed by atoms with E-state index in [4.69, 9.17) is 4.74 Å². The highest BCUT2D eigenvalue weighted by atomic mass is 16.5. The molecule has 1 rings (SSSR count). The van der Waals surface area contributed by atoms with Gasteiger partial charge < -0.3 is 20.3 Å². The monoisotopic (exact) mass is 363 g/mol. The molecular formula is C19H29N3O4. The Morgan fingerprint density at radius 1 is 1.12 bits per heavy atom. The summed E-state index contributed by atoms with van der Waals surface area (Å²) >= 11 is 0. The molecular weight excluding hydrogens is 334 g/mol. The van der Waals surface area contributed by atoms with Crippen molar-refractivity contribution in [2.75, 3.05) is 38.7 Å². The third-order valence-electron chi connectivity index (χ3n) is 3.78. The quantitative estimate of drug-likeness (QED) is 0.627. The molecule has 0 aromatic heterocycles. The molecule has 0 aliphatic heterocycles. The van der Waals surface area contributed by atoms with Gasteiger partial charge in [-0.25, -0.2) is 0 Å². The summed E-state index contributed by atoms with van der Waals surface area (Å²) in [7, 11) is 1.55. The number of nitrogens with zero attached hydrogens (tertiary/aromatic N) is 1. The minimum Gasteiger partial charge on any atom is -0.383 e. The first kappa shape index (κ1) is 21.6. The zero-order chi connectivity index (χ0) is 19.4. The van der Waals surface area contributed by atoms with Gasteiger partial charge in [-0.15, -0.1) is 0 Å². The second kappa shape index (κ2) is 12.0. The van der Waals surface area contributed by atoms with Crippen LogP contribution in [0.2, 0.25) is 0 Å². The molecule has 1 aromatic rings. The Balaban J connectivity index is 2.44. The van der Waals surface area contributed by atoms with Gasteiger partial charge in [0.25, 0.3) is 0 Å². The van der Waals surface area contributed by atoms with E-state index in [9.17, 15) is 14.4 Å². The van der Waals surface area contributed by atoms with Crippen LogP contribution in [0.5, 0.6) is 0 Å². The number of carbonyl (C=O) groups excluding carboxylic acids is 3. The summed E-state index contributed by atoms with van der Waals surface area (Å²) in [4.78, 5) is 37.6. The smallest absolute Gasteiger partial charge is 0.243 e. The van der Waals surface area contributed by atoms with Crippen LogP contribution in [0.25, 0.3) is 0 Å². The molecule has 1 aromatic carbocycles. The van der Waals surface area contributed by atoms with Crippen molar-refractivity contribution in [3.05, 3.63) is 29.8 Å². The number of nitrogens with one attached hydrogen (secondary N) is 2. The number of benzene rings is 1. The highest BCUT2D eigenvalue weighted by Crippen LogP contribution is 2.08. The average Bonchev–Trinajstić information content (AvgIpc) is 2.63. The van der Waals surface area contributed by atoms with Crippen LogP contribution >= 0.6 is 0 Å². The van der Waals surface area contributed by atoms with Crippen molar-refractivity contribution in [2.24, 2.45) is 0 Å². The van der Waals surface area contributed by atoms with E-state index in [-0.39, 0.29) is 30.8 Å². The topological polar surface area (TPSA) is 87.7 Å². The van der Waals surface area contributed by atoms with E-state index in [2.05, 4.69) is 10.6 Å². The molecule has 0 unspecified atom stereocenters. The van der Waals surface area contributed by atoms with E-state index in [1.807, 2.05) is 26.0 Å². The summed E-state index contributed by atoms with van der Waals surface area (Å²) in [5, 5.41) is 5.25. The maximum atomic E-state index is 12.2. The standard InChI is InChI=1S/C19H29N3O4/c1-4-5-6-19(25)22(11-12-26-3)14-18(24)20-13-17(23)21-16-9-7-15(2)8-10-16/h7-10H,4-6,11-14H2,1-3H3,(H,20,24)(H,21,23). The molecule has 7 heteroatoms. The fourth-order valence-electron chi connectivity index (χ4n) is 2.23. The molecule has 144 valence electrons. The Bertz CT molecular complexity index is 587. The number of methoxy groups -OCH3 is 1. The molecule has 0 saturated heterocycles. The predicted octanol–water partition coefficient (Wildman–Crippen LogP) is 1.71. The number of anilines is 1. The number of hydrogen-bond acceptors (Lipinski definition) is 4. The number of amides is 3. The minimum absolute atomic E-state index is 0.0796. The Morgan fingerprint density at radius 3 is 2.42 bits per heavy atom. The fourth-order valence-corrected chi connectivity index (χ4v) is 2.23. The maximum Gasteiger partial charge on any atom is 0.243 e. The molecule has 0 fully saturated rings. The van der Waals surface area contributed by atoms with Crippen molar-refractivity contribution in [3.63, 3.8) is 0 Å². The molecule has 0 radical (unpaired) electrons. The molecule has 0 atom stereocenters. The number of carbonyl (C=O) groups is 3. The zero-order valence-electron chi connectivity index (χ0n) is 15.8. The first-order valence-corrected chi connectivity index (χ1v) is 8.86. The highest BCUT2D eigenvalue weighted by molar-refractivity contribution is 5.95. The normalized spacial score (nSPS) is 10.3. The number of unbranched alkanes of at least 4 members (excludes halogenated alkanes) is 1. The first-order chi connectivity index (χ1) is 12.5. The van der Waals surface area contributed by atoms with Gasteiger partial charge in [-0.1, -0.05) is 31.0 Å². The van der Waals surface area contributed by atoms with Crippen LogP contribution in [-0.4, -0.2) is 56.0 Å². The third-order valence-corrected chi connectivity index (χ3v) is 3.78. The molecule has 0 aliphatic rings. The highest BCUT2D eigenvalue weighted by Gasteiger charge is 2.17. The molecule has 7 nitrogen and oxygen atoms in total. The SMILES string of the molecule is CCCCC(=O)N(CCOC)CC(=O)NCC(=O)Nc1ccc(C)cc1. The second-order valence-electron chi connectivity index (χ2n) is 6.10. The Labute approximate surface area is 155 Å². The van der Waals surface area contributed by atoms with Crippen molar-refractivity contribution in [2.45, 2.75) is 33.1 Å². The van der Waals surface area contributed by atoms with E-state index in [0.717, 1.165) is 18.4 Å². The molecule has 0 bridgehead atoms. The Morgan fingerprint density at radius 2 is 1.81 bits per heavy atom. The van der Waals surface area contributed by atoms with E-state index < -0.39 is 0 Å². The molecule has 2 N–H and O–H groups in total. The van der Waals surface area contributed by atoms with Crippen molar-refractivity contribution in [1.82, 2.24) is 10.2 Å². The summed E-state index contributed by atoms with van der Waals surface area (Å²) < 4.78 is 4.99. The predicted molar refractivity (Wildman–Crippen MR) is 101 cm³/mol. The number of hydrogen-bond donors (Lipinski definition) is 2. The lowest BCUT2D eigenvalue weighted by Gasteiger charge is -2.21. The van der Waals surface area contributed by atoms with Crippen LogP contribution in [0.15, 0.2) is 24.3 Å². The van der Waals surface area contributed by atoms with Crippen LogP contribution in [0, 0.1) is 6.92 Å². The zero-order valence-corrected chi connectivity index (χ0v) is 15.8. The van der Waals surface area contributed by atoms with Crippen LogP contribution in [0.4, 0.5) is 5.69 Å². The number of ether oxygens (including phenoxy) is 1. The summed E-state index contributed by atoms with van der Waals surface area (Å²) in [6, 6.07) is 7.38. The van der Waals surface area contributed by atoms with Gasteiger partial charge in [0.15, 0.2) is 0 Å². The molecule has 0 aliphatic carbocycles. The van der Waals surface area contributed by atoms with Crippen LogP contribution in [-0.2, 0) is 19.1 Å². The van der Waals surface area contributed by atoms with Gasteiger partial charge in [-0.05, 0) is 25.5 Å². The number of aryl methyl sites for hydroxylation is 1. The summed E-state index contributed by atoms with van der Waals surface area (Å²) in [5.74, 6) is -0.767. The van der Waals surface area contributed by atoms with Gasteiger partial charge in [0, 0.05) is 25.8 Å². The molecule has 0 spiro atoms. The lowest BCUT2D eigenvalue weighted by molar-refractivity contribution is -0.136. The van der Waals surface area contributed by atoms with Crippen molar-refractivity contribution in [3.8, 4) is 0 Å². The maximum absolute atomic E-state index is 12.2. The number of rotatable bonds is 11. The Kier molecular flexibility index (Phi) is 10.0. The second-order valence-corrected chi connectivity index (χ2v) is 6.10. The first-order valence-electron chi connectivity index (χ1n) is 8.86. The summed E-state index contributed by atoms with van der Waals surface area (Å²) in [5.41, 5.74) is 1.77. The molecule has 0 saturated carbocycles. The van der Waals surface area contributed by atoms with Crippen LogP contribution < -0.4 is 10.6 Å². The summed E-state index contributed by atoms with van der Waals surface area (Å²) in [6.07, 6.45) is 2.10. The third kappa shape index (κ3) is 8.62. The lowest BCUT2D eigenvalue weighted by Crippen LogP contribution is -2.44. The largest absolute Gasteiger partial charge is 0.383 e. The van der Waals surface area contributed by atoms with E-state index in [0.29, 0.717) is 25.3 Å². The van der Waals surface area contributed by atoms with Crippen LogP contribution in [0.1, 0.15) is 31.7 Å². The van der Waals surface area contributed by atoms with Gasteiger partial charge in [-0.3, -0.25) is 14.4 Å². The van der Waals surface area contributed by atoms with Gasteiger partial charge in [0.05, 0.1) is 19.7 Å². The van der Waals surface area contributed by atoms with Gasteiger partial charge in [0.1, 0.15) is 0 Å². The van der Waals surface area contributed by atoms with E-state index >= 15 is 0 Å². The van der Waals surface area contributed by atoms with Crippen molar-refractivity contribution >= 4 is 23.4 Å². The average molecular weight is 363 g/mol. The van der Waals surface area contributed by atoms with E-state index in [1.54, 1.807) is 19.2 Å².